The van der Waals surface area contributed by atoms with Gasteiger partial charge in [0.05, 0.1) is 12.0 Å². The van der Waals surface area contributed by atoms with Crippen molar-refractivity contribution < 1.29 is 9.90 Å². The number of carbonyl (C=O) groups is 1. The van der Waals surface area contributed by atoms with Crippen LogP contribution in [0.15, 0.2) is 48.6 Å². The molecular formula is C20H17ClNO2-. The predicted molar refractivity (Wildman–Crippen MR) is 93.3 cm³/mol. The lowest BCUT2D eigenvalue weighted by Crippen LogP contribution is -2.31. The lowest BCUT2D eigenvalue weighted by molar-refractivity contribution is -0.255. The van der Waals surface area contributed by atoms with Crippen molar-refractivity contribution >= 4 is 23.3 Å². The van der Waals surface area contributed by atoms with Crippen molar-refractivity contribution in [1.82, 2.24) is 0 Å². The maximum absolute atomic E-state index is 11.4. The molecule has 2 aliphatic rings. The number of benzene rings is 2. The Morgan fingerprint density at radius 2 is 2.12 bits per heavy atom. The molecule has 2 aromatic carbocycles. The van der Waals surface area contributed by atoms with E-state index < -0.39 is 5.97 Å². The summed E-state index contributed by atoms with van der Waals surface area (Å²) in [5, 5.41) is 15.7. The second-order valence-corrected chi connectivity index (χ2v) is 6.96. The van der Waals surface area contributed by atoms with Crippen LogP contribution in [0, 0.1) is 12.8 Å². The van der Waals surface area contributed by atoms with Gasteiger partial charge < -0.3 is 15.2 Å². The van der Waals surface area contributed by atoms with E-state index in [0.717, 1.165) is 28.8 Å². The minimum atomic E-state index is -1.14. The van der Waals surface area contributed by atoms with E-state index in [1.807, 2.05) is 31.2 Å². The molecule has 0 unspecified atom stereocenters. The Morgan fingerprint density at radius 1 is 1.29 bits per heavy atom. The van der Waals surface area contributed by atoms with Crippen LogP contribution in [0.5, 0.6) is 0 Å². The van der Waals surface area contributed by atoms with Crippen molar-refractivity contribution in [3.05, 3.63) is 75.8 Å². The molecule has 1 N–H and O–H groups in total. The lowest BCUT2D eigenvalue weighted by atomic mass is 9.76. The summed E-state index contributed by atoms with van der Waals surface area (Å²) < 4.78 is 0. The van der Waals surface area contributed by atoms with Crippen LogP contribution in [0.25, 0.3) is 0 Å². The van der Waals surface area contributed by atoms with Gasteiger partial charge >= 0.3 is 0 Å². The molecule has 0 aromatic heterocycles. The highest BCUT2D eigenvalue weighted by molar-refractivity contribution is 6.30. The predicted octanol–water partition coefficient (Wildman–Crippen LogP) is 3.84. The molecule has 0 bridgehead atoms. The van der Waals surface area contributed by atoms with Gasteiger partial charge in [-0.2, -0.15) is 0 Å². The van der Waals surface area contributed by atoms with Crippen LogP contribution in [-0.4, -0.2) is 5.97 Å². The molecular weight excluding hydrogens is 322 g/mol. The van der Waals surface area contributed by atoms with Crippen molar-refractivity contribution in [2.24, 2.45) is 5.92 Å². The molecule has 2 aromatic rings. The second-order valence-electron chi connectivity index (χ2n) is 6.52. The first kappa shape index (κ1) is 15.3. The summed E-state index contributed by atoms with van der Waals surface area (Å²) in [6.07, 6.45) is 5.45. The number of carboxylic acids is 1. The number of fused-ring (bicyclic) bond motifs is 3. The van der Waals surface area contributed by atoms with Gasteiger partial charge in [-0.25, -0.2) is 0 Å². The maximum Gasteiger partial charge on any atom is 0.0718 e. The fraction of sp³-hybridized carbons (Fsp3) is 0.250. The van der Waals surface area contributed by atoms with Gasteiger partial charge in [-0.1, -0.05) is 48.0 Å². The van der Waals surface area contributed by atoms with Crippen LogP contribution >= 0.6 is 11.6 Å². The van der Waals surface area contributed by atoms with Gasteiger partial charge in [-0.3, -0.25) is 0 Å². The minimum Gasteiger partial charge on any atom is -0.545 e. The van der Waals surface area contributed by atoms with E-state index >= 15 is 0 Å². The molecule has 4 rings (SSSR count). The van der Waals surface area contributed by atoms with E-state index in [1.165, 1.54) is 0 Å². The molecule has 24 heavy (non-hydrogen) atoms. The molecule has 122 valence electrons. The van der Waals surface area contributed by atoms with Crippen molar-refractivity contribution in [3.63, 3.8) is 0 Å². The summed E-state index contributed by atoms with van der Waals surface area (Å²) in [4.78, 5) is 11.4. The van der Waals surface area contributed by atoms with E-state index in [1.54, 1.807) is 6.07 Å². The number of carboxylic acid groups (broad SMARTS) is 1. The Morgan fingerprint density at radius 3 is 2.88 bits per heavy atom. The highest BCUT2D eigenvalue weighted by Gasteiger charge is 2.38. The van der Waals surface area contributed by atoms with Crippen molar-refractivity contribution in [2.75, 3.05) is 5.32 Å². The van der Waals surface area contributed by atoms with E-state index in [4.69, 9.17) is 11.6 Å². The topological polar surface area (TPSA) is 52.2 Å². The van der Waals surface area contributed by atoms with Gasteiger partial charge in [-0.05, 0) is 48.1 Å². The zero-order valence-corrected chi connectivity index (χ0v) is 14.0. The zero-order chi connectivity index (χ0) is 16.8. The Kier molecular flexibility index (Phi) is 3.61. The van der Waals surface area contributed by atoms with Crippen molar-refractivity contribution in [2.45, 2.75) is 25.3 Å². The van der Waals surface area contributed by atoms with Crippen LogP contribution < -0.4 is 10.4 Å². The molecule has 0 saturated heterocycles. The molecule has 0 saturated carbocycles. The number of hydrogen-bond donors (Lipinski definition) is 1. The van der Waals surface area contributed by atoms with Crippen LogP contribution in [0.1, 0.15) is 45.4 Å². The van der Waals surface area contributed by atoms with E-state index in [0.29, 0.717) is 16.9 Å². The van der Waals surface area contributed by atoms with Gasteiger partial charge in [0.1, 0.15) is 0 Å². The number of rotatable bonds is 2. The van der Waals surface area contributed by atoms with Gasteiger partial charge in [-0.15, -0.1) is 0 Å². The molecule has 3 atom stereocenters. The smallest absolute Gasteiger partial charge is 0.0718 e. The molecule has 0 fully saturated rings. The molecule has 4 heteroatoms. The summed E-state index contributed by atoms with van der Waals surface area (Å²) in [5.74, 6) is -0.440. The highest BCUT2D eigenvalue weighted by Crippen LogP contribution is 2.51. The molecule has 0 amide bonds. The van der Waals surface area contributed by atoms with Crippen LogP contribution in [-0.2, 0) is 0 Å². The minimum absolute atomic E-state index is 0.104. The Labute approximate surface area is 146 Å². The van der Waals surface area contributed by atoms with Gasteiger partial charge in [0, 0.05) is 22.2 Å². The van der Waals surface area contributed by atoms with Crippen LogP contribution in [0.4, 0.5) is 5.69 Å². The normalized spacial score (nSPS) is 24.2. The SMILES string of the molecule is Cc1c(C(=O)[O-])ccc2c1N[C@@H](c1cccc(Cl)c1)[C@H]1CC=C[C@H]21. The number of allylic oxidation sites excluding steroid dienone is 2. The van der Waals surface area contributed by atoms with Crippen molar-refractivity contribution in [3.8, 4) is 0 Å². The summed E-state index contributed by atoms with van der Waals surface area (Å²) >= 11 is 6.18. The van der Waals surface area contributed by atoms with E-state index in [2.05, 4.69) is 23.5 Å². The molecule has 0 spiro atoms. The number of carbonyl (C=O) groups excluding carboxylic acids is 1. The molecule has 1 heterocycles. The Balaban J connectivity index is 1.85. The number of halogens is 1. The number of aromatic carboxylic acids is 1. The van der Waals surface area contributed by atoms with E-state index in [-0.39, 0.29) is 11.6 Å². The Bertz CT molecular complexity index is 859. The Hall–Kier alpha value is -2.26. The average Bonchev–Trinajstić information content (AvgIpc) is 3.04. The first-order chi connectivity index (χ1) is 11.6. The third kappa shape index (κ3) is 2.31. The maximum atomic E-state index is 11.4. The first-order valence-corrected chi connectivity index (χ1v) is 8.47. The summed E-state index contributed by atoms with van der Waals surface area (Å²) in [7, 11) is 0. The largest absolute Gasteiger partial charge is 0.545 e. The van der Waals surface area contributed by atoms with Crippen molar-refractivity contribution in [1.29, 1.82) is 0 Å². The summed E-state index contributed by atoms with van der Waals surface area (Å²) in [5.41, 5.74) is 4.18. The van der Waals surface area contributed by atoms with Gasteiger partial charge in [0.2, 0.25) is 0 Å². The first-order valence-electron chi connectivity index (χ1n) is 8.10. The molecule has 1 aliphatic heterocycles. The monoisotopic (exact) mass is 338 g/mol. The third-order valence-electron chi connectivity index (χ3n) is 5.22. The van der Waals surface area contributed by atoms with Crippen LogP contribution in [0.2, 0.25) is 5.02 Å². The standard InChI is InChI=1S/C20H18ClNO2/c1-11-14(20(23)24)8-9-17-15-6-3-7-16(15)19(22-18(11)17)12-4-2-5-13(21)10-12/h2-6,8-10,15-16,19,22H,7H2,1H3,(H,23,24)/p-1/t15-,16-,19-/m0/s1. The fourth-order valence-corrected chi connectivity index (χ4v) is 4.26. The van der Waals surface area contributed by atoms with Crippen LogP contribution in [0.3, 0.4) is 0 Å². The fourth-order valence-electron chi connectivity index (χ4n) is 4.07. The zero-order valence-electron chi connectivity index (χ0n) is 13.3. The van der Waals surface area contributed by atoms with E-state index in [9.17, 15) is 9.90 Å². The van der Waals surface area contributed by atoms with Gasteiger partial charge in [0.25, 0.3) is 0 Å². The quantitative estimate of drug-likeness (QED) is 0.846. The lowest BCUT2D eigenvalue weighted by Gasteiger charge is -2.39. The molecule has 0 radical (unpaired) electrons. The summed E-state index contributed by atoms with van der Waals surface area (Å²) in [6.45, 7) is 1.84. The molecule has 1 aliphatic carbocycles. The van der Waals surface area contributed by atoms with Gasteiger partial charge in [0.15, 0.2) is 0 Å². The second kappa shape index (κ2) is 5.67. The molecule has 3 nitrogen and oxygen atoms in total. The number of nitrogens with one attached hydrogen (secondary N) is 1. The number of hydrogen-bond acceptors (Lipinski definition) is 3. The number of anilines is 1. The summed E-state index contributed by atoms with van der Waals surface area (Å²) in [6, 6.07) is 11.6. The average molecular weight is 339 g/mol. The highest BCUT2D eigenvalue weighted by atomic mass is 35.5. The third-order valence-corrected chi connectivity index (χ3v) is 5.46.